The van der Waals surface area contributed by atoms with E-state index in [2.05, 4.69) is 28.4 Å². The van der Waals surface area contributed by atoms with Gasteiger partial charge in [-0.05, 0) is 48.6 Å². The van der Waals surface area contributed by atoms with E-state index < -0.39 is 0 Å². The van der Waals surface area contributed by atoms with Crippen molar-refractivity contribution in [2.45, 2.75) is 25.8 Å². The van der Waals surface area contributed by atoms with Crippen LogP contribution in [0.3, 0.4) is 0 Å². The molecule has 0 radical (unpaired) electrons. The van der Waals surface area contributed by atoms with Gasteiger partial charge in [0.25, 0.3) is 0 Å². The second kappa shape index (κ2) is 7.60. The molecule has 0 aromatic heterocycles. The summed E-state index contributed by atoms with van der Waals surface area (Å²) in [5.74, 6) is -0.0431. The number of anilines is 1. The molecule has 0 saturated carbocycles. The summed E-state index contributed by atoms with van der Waals surface area (Å²) in [5.41, 5.74) is 4.57. The zero-order valence-electron chi connectivity index (χ0n) is 14.0. The Balaban J connectivity index is 1.69. The van der Waals surface area contributed by atoms with Gasteiger partial charge in [-0.1, -0.05) is 36.4 Å². The van der Waals surface area contributed by atoms with Crippen molar-refractivity contribution in [1.82, 2.24) is 4.90 Å². The highest BCUT2D eigenvalue weighted by atomic mass is 16.3. The van der Waals surface area contributed by atoms with Gasteiger partial charge in [0, 0.05) is 18.3 Å². The molecule has 24 heavy (non-hydrogen) atoms. The Hall–Kier alpha value is -2.17. The fourth-order valence-corrected chi connectivity index (χ4v) is 3.50. The molecular formula is C20H24N2O2. The van der Waals surface area contributed by atoms with Gasteiger partial charge < -0.3 is 10.4 Å². The molecule has 0 spiro atoms. The van der Waals surface area contributed by atoms with E-state index in [0.29, 0.717) is 6.54 Å². The molecule has 0 aliphatic heterocycles. The number of amides is 1. The molecule has 1 unspecified atom stereocenters. The van der Waals surface area contributed by atoms with E-state index in [1.54, 1.807) is 0 Å². The Kier molecular flexibility index (Phi) is 5.28. The highest BCUT2D eigenvalue weighted by molar-refractivity contribution is 5.92. The minimum atomic E-state index is -0.0431. The summed E-state index contributed by atoms with van der Waals surface area (Å²) in [6.45, 7) is 2.84. The Morgan fingerprint density at radius 1 is 1.25 bits per heavy atom. The van der Waals surface area contributed by atoms with Crippen LogP contribution >= 0.6 is 0 Å². The molecule has 126 valence electrons. The van der Waals surface area contributed by atoms with Gasteiger partial charge >= 0.3 is 0 Å². The van der Waals surface area contributed by atoms with Crippen molar-refractivity contribution in [1.29, 1.82) is 0 Å². The maximum Gasteiger partial charge on any atom is 0.238 e. The van der Waals surface area contributed by atoms with E-state index >= 15 is 0 Å². The topological polar surface area (TPSA) is 52.6 Å². The van der Waals surface area contributed by atoms with Crippen LogP contribution in [0, 0.1) is 6.92 Å². The quantitative estimate of drug-likeness (QED) is 0.859. The van der Waals surface area contributed by atoms with E-state index in [1.807, 2.05) is 37.3 Å². The molecule has 3 rings (SSSR count). The number of benzene rings is 2. The summed E-state index contributed by atoms with van der Waals surface area (Å²) in [4.78, 5) is 14.5. The second-order valence-electron chi connectivity index (χ2n) is 6.37. The molecule has 0 heterocycles. The van der Waals surface area contributed by atoms with E-state index in [1.165, 1.54) is 11.1 Å². The van der Waals surface area contributed by atoms with Crippen molar-refractivity contribution in [2.75, 3.05) is 25.0 Å². The molecule has 1 aliphatic carbocycles. The van der Waals surface area contributed by atoms with Crippen LogP contribution in [0.4, 0.5) is 5.69 Å². The number of aliphatic hydroxyl groups excluding tert-OH is 1. The molecule has 0 saturated heterocycles. The number of nitrogens with one attached hydrogen (secondary N) is 1. The first-order chi connectivity index (χ1) is 11.7. The standard InChI is InChI=1S/C20H24N2O2/c1-15-5-4-7-17(13-15)21-20(24)14-22(11-12-23)19-10-9-16-6-2-3-8-18(16)19/h2-8,13,19,23H,9-12,14H2,1H3,(H,21,24). The molecule has 1 aliphatic rings. The van der Waals surface area contributed by atoms with Gasteiger partial charge in [0.15, 0.2) is 0 Å². The number of carbonyl (C=O) groups is 1. The molecule has 4 nitrogen and oxygen atoms in total. The minimum absolute atomic E-state index is 0.0431. The summed E-state index contributed by atoms with van der Waals surface area (Å²) >= 11 is 0. The third-order valence-electron chi connectivity index (χ3n) is 4.58. The first-order valence-corrected chi connectivity index (χ1v) is 8.46. The molecule has 0 fully saturated rings. The number of aliphatic hydroxyl groups is 1. The third kappa shape index (κ3) is 3.83. The monoisotopic (exact) mass is 324 g/mol. The van der Waals surface area contributed by atoms with E-state index in [0.717, 1.165) is 24.1 Å². The van der Waals surface area contributed by atoms with Gasteiger partial charge in [0.2, 0.25) is 5.91 Å². The highest BCUT2D eigenvalue weighted by Crippen LogP contribution is 2.35. The van der Waals surface area contributed by atoms with Crippen LogP contribution in [0.1, 0.15) is 29.2 Å². The minimum Gasteiger partial charge on any atom is -0.395 e. The molecule has 4 heteroatoms. The first kappa shape index (κ1) is 16.7. The van der Waals surface area contributed by atoms with Crippen molar-refractivity contribution >= 4 is 11.6 Å². The molecule has 2 aromatic rings. The average Bonchev–Trinajstić information content (AvgIpc) is 2.98. The summed E-state index contributed by atoms with van der Waals surface area (Å²) in [7, 11) is 0. The summed E-state index contributed by atoms with van der Waals surface area (Å²) in [6.07, 6.45) is 2.03. The van der Waals surface area contributed by atoms with Gasteiger partial charge in [0.05, 0.1) is 13.2 Å². The first-order valence-electron chi connectivity index (χ1n) is 8.46. The fourth-order valence-electron chi connectivity index (χ4n) is 3.50. The van der Waals surface area contributed by atoms with Crippen LogP contribution in [0.5, 0.6) is 0 Å². The third-order valence-corrected chi connectivity index (χ3v) is 4.58. The zero-order chi connectivity index (χ0) is 16.9. The summed E-state index contributed by atoms with van der Waals surface area (Å²) in [6, 6.07) is 16.4. The van der Waals surface area contributed by atoms with Gasteiger partial charge in [-0.3, -0.25) is 9.69 Å². The lowest BCUT2D eigenvalue weighted by atomic mass is 10.1. The van der Waals surface area contributed by atoms with E-state index in [4.69, 9.17) is 0 Å². The molecule has 2 N–H and O–H groups in total. The van der Waals surface area contributed by atoms with Gasteiger partial charge in [-0.2, -0.15) is 0 Å². The SMILES string of the molecule is Cc1cccc(NC(=O)CN(CCO)C2CCc3ccccc32)c1. The number of rotatable bonds is 6. The van der Waals surface area contributed by atoms with Crippen molar-refractivity contribution < 1.29 is 9.90 Å². The number of carbonyl (C=O) groups excluding carboxylic acids is 1. The number of nitrogens with zero attached hydrogens (tertiary/aromatic N) is 1. The maximum absolute atomic E-state index is 12.4. The maximum atomic E-state index is 12.4. The Bertz CT molecular complexity index is 714. The van der Waals surface area contributed by atoms with Crippen LogP contribution in [-0.4, -0.2) is 35.6 Å². The number of aryl methyl sites for hydroxylation is 2. The molecule has 1 amide bonds. The Labute approximate surface area is 143 Å². The van der Waals surface area contributed by atoms with Gasteiger partial charge in [0.1, 0.15) is 0 Å². The van der Waals surface area contributed by atoms with Crippen LogP contribution in [0.15, 0.2) is 48.5 Å². The molecule has 1 atom stereocenters. The van der Waals surface area contributed by atoms with E-state index in [-0.39, 0.29) is 25.1 Å². The van der Waals surface area contributed by atoms with Crippen LogP contribution in [0.2, 0.25) is 0 Å². The van der Waals surface area contributed by atoms with Gasteiger partial charge in [-0.15, -0.1) is 0 Å². The van der Waals surface area contributed by atoms with Crippen LogP contribution < -0.4 is 5.32 Å². The Morgan fingerprint density at radius 3 is 2.88 bits per heavy atom. The van der Waals surface area contributed by atoms with Crippen molar-refractivity contribution in [3.8, 4) is 0 Å². The second-order valence-corrected chi connectivity index (χ2v) is 6.37. The average molecular weight is 324 g/mol. The smallest absolute Gasteiger partial charge is 0.238 e. The normalized spacial score (nSPS) is 16.2. The Morgan fingerprint density at radius 2 is 2.08 bits per heavy atom. The zero-order valence-corrected chi connectivity index (χ0v) is 14.0. The van der Waals surface area contributed by atoms with E-state index in [9.17, 15) is 9.90 Å². The lowest BCUT2D eigenvalue weighted by Crippen LogP contribution is -2.37. The van der Waals surface area contributed by atoms with Crippen LogP contribution in [0.25, 0.3) is 0 Å². The largest absolute Gasteiger partial charge is 0.395 e. The predicted octanol–water partition coefficient (Wildman–Crippen LogP) is 2.92. The lowest BCUT2D eigenvalue weighted by molar-refractivity contribution is -0.118. The number of hydrogen-bond donors (Lipinski definition) is 2. The molecule has 2 aromatic carbocycles. The van der Waals surface area contributed by atoms with Crippen molar-refractivity contribution in [3.05, 3.63) is 65.2 Å². The van der Waals surface area contributed by atoms with Gasteiger partial charge in [-0.25, -0.2) is 0 Å². The fraction of sp³-hybridized carbons (Fsp3) is 0.350. The predicted molar refractivity (Wildman–Crippen MR) is 96.0 cm³/mol. The number of fused-ring (bicyclic) bond motifs is 1. The summed E-state index contributed by atoms with van der Waals surface area (Å²) < 4.78 is 0. The van der Waals surface area contributed by atoms with Crippen LogP contribution in [-0.2, 0) is 11.2 Å². The number of hydrogen-bond acceptors (Lipinski definition) is 3. The van der Waals surface area contributed by atoms with Crippen molar-refractivity contribution in [3.63, 3.8) is 0 Å². The summed E-state index contributed by atoms with van der Waals surface area (Å²) in [5, 5.41) is 12.4. The van der Waals surface area contributed by atoms with Crippen molar-refractivity contribution in [2.24, 2.45) is 0 Å². The lowest BCUT2D eigenvalue weighted by Gasteiger charge is -2.28. The highest BCUT2D eigenvalue weighted by Gasteiger charge is 2.28. The molecular weight excluding hydrogens is 300 g/mol. The molecule has 0 bridgehead atoms.